The number of aliphatic carboxylic acids is 1. The summed E-state index contributed by atoms with van der Waals surface area (Å²) in [5, 5.41) is 11.6. The van der Waals surface area contributed by atoms with E-state index in [1.165, 1.54) is 6.42 Å². The smallest absolute Gasteiger partial charge is 0.326 e. The zero-order valence-corrected chi connectivity index (χ0v) is 10.7. The minimum Gasteiger partial charge on any atom is -0.480 e. The summed E-state index contributed by atoms with van der Waals surface area (Å²) >= 11 is 0. The molecular formula is C14H21NO3. The van der Waals surface area contributed by atoms with Gasteiger partial charge < -0.3 is 10.4 Å². The van der Waals surface area contributed by atoms with Crippen LogP contribution in [0.4, 0.5) is 0 Å². The number of rotatable bonds is 7. The molecule has 100 valence electrons. The molecule has 4 heteroatoms. The number of hydrogen-bond donors (Lipinski definition) is 2. The van der Waals surface area contributed by atoms with Crippen molar-refractivity contribution in [1.82, 2.24) is 5.32 Å². The maximum atomic E-state index is 11.7. The predicted molar refractivity (Wildman–Crippen MR) is 70.2 cm³/mol. The fraction of sp³-hybridized carbons (Fsp3) is 0.571. The number of allylic oxidation sites excluding steroid dienone is 2. The number of amides is 1. The molecule has 4 nitrogen and oxygen atoms in total. The molecule has 0 bridgehead atoms. The Morgan fingerprint density at radius 2 is 2.28 bits per heavy atom. The molecule has 0 aromatic rings. The second-order valence-corrected chi connectivity index (χ2v) is 4.61. The van der Waals surface area contributed by atoms with E-state index < -0.39 is 12.0 Å². The van der Waals surface area contributed by atoms with Gasteiger partial charge in [0.05, 0.1) is 0 Å². The quantitative estimate of drug-likeness (QED) is 0.683. The largest absolute Gasteiger partial charge is 0.480 e. The first kappa shape index (κ1) is 14.5. The van der Waals surface area contributed by atoms with E-state index in [1.807, 2.05) is 0 Å². The van der Waals surface area contributed by atoms with Crippen molar-refractivity contribution in [3.63, 3.8) is 0 Å². The van der Waals surface area contributed by atoms with Crippen molar-refractivity contribution < 1.29 is 14.7 Å². The summed E-state index contributed by atoms with van der Waals surface area (Å²) < 4.78 is 0. The van der Waals surface area contributed by atoms with Gasteiger partial charge in [0.2, 0.25) is 5.91 Å². The zero-order valence-electron chi connectivity index (χ0n) is 10.7. The van der Waals surface area contributed by atoms with Crippen molar-refractivity contribution in [1.29, 1.82) is 0 Å². The number of carboxylic acids is 1. The van der Waals surface area contributed by atoms with Gasteiger partial charge in [0.1, 0.15) is 6.04 Å². The van der Waals surface area contributed by atoms with Crippen LogP contribution in [0.5, 0.6) is 0 Å². The molecule has 0 aliphatic heterocycles. The van der Waals surface area contributed by atoms with Crippen LogP contribution in [0.15, 0.2) is 24.3 Å². The van der Waals surface area contributed by atoms with E-state index in [0.717, 1.165) is 24.8 Å². The first-order chi connectivity index (χ1) is 8.63. The molecule has 1 aliphatic carbocycles. The molecule has 0 saturated carbocycles. The number of carbonyl (C=O) groups excluding carboxylic acids is 1. The van der Waals surface area contributed by atoms with E-state index in [0.29, 0.717) is 19.3 Å². The monoisotopic (exact) mass is 251 g/mol. The lowest BCUT2D eigenvalue weighted by molar-refractivity contribution is -0.141. The molecule has 0 heterocycles. The Balaban J connectivity index is 2.42. The molecule has 1 aliphatic rings. The minimum absolute atomic E-state index is 0.195. The van der Waals surface area contributed by atoms with Crippen molar-refractivity contribution in [2.24, 2.45) is 0 Å². The number of carbonyl (C=O) groups is 2. The van der Waals surface area contributed by atoms with Crippen molar-refractivity contribution in [2.45, 2.75) is 51.0 Å². The van der Waals surface area contributed by atoms with Crippen LogP contribution in [0.3, 0.4) is 0 Å². The lowest BCUT2D eigenvalue weighted by Gasteiger charge is -2.16. The average Bonchev–Trinajstić information content (AvgIpc) is 2.35. The van der Waals surface area contributed by atoms with Gasteiger partial charge in [0.15, 0.2) is 0 Å². The molecule has 2 N–H and O–H groups in total. The summed E-state index contributed by atoms with van der Waals surface area (Å²) in [6.07, 6.45) is 9.36. The van der Waals surface area contributed by atoms with E-state index in [4.69, 9.17) is 5.11 Å². The van der Waals surface area contributed by atoms with Crippen LogP contribution in [-0.4, -0.2) is 23.0 Å². The van der Waals surface area contributed by atoms with Crippen LogP contribution < -0.4 is 5.32 Å². The first-order valence-electron chi connectivity index (χ1n) is 6.44. The van der Waals surface area contributed by atoms with Gasteiger partial charge in [-0.15, -0.1) is 6.58 Å². The molecule has 0 aromatic heterocycles. The molecule has 1 atom stereocenters. The first-order valence-corrected chi connectivity index (χ1v) is 6.44. The fourth-order valence-electron chi connectivity index (χ4n) is 2.06. The molecule has 0 fully saturated rings. The van der Waals surface area contributed by atoms with Crippen LogP contribution in [-0.2, 0) is 9.59 Å². The van der Waals surface area contributed by atoms with E-state index in [-0.39, 0.29) is 5.91 Å². The van der Waals surface area contributed by atoms with Crippen molar-refractivity contribution in [3.8, 4) is 0 Å². The third-order valence-corrected chi connectivity index (χ3v) is 3.07. The molecule has 0 radical (unpaired) electrons. The Bertz CT molecular complexity index is 347. The number of carboxylic acid groups (broad SMARTS) is 1. The van der Waals surface area contributed by atoms with Crippen LogP contribution >= 0.6 is 0 Å². The highest BCUT2D eigenvalue weighted by Crippen LogP contribution is 2.19. The number of nitrogens with one attached hydrogen (secondary N) is 1. The summed E-state index contributed by atoms with van der Waals surface area (Å²) in [5.41, 5.74) is 1.13. The van der Waals surface area contributed by atoms with Crippen LogP contribution in [0.25, 0.3) is 0 Å². The van der Waals surface area contributed by atoms with Crippen LogP contribution in [0.2, 0.25) is 0 Å². The molecule has 1 rings (SSSR count). The third kappa shape index (κ3) is 5.17. The molecule has 1 unspecified atom stereocenters. The highest BCUT2D eigenvalue weighted by Gasteiger charge is 2.19. The van der Waals surface area contributed by atoms with Gasteiger partial charge in [-0.2, -0.15) is 0 Å². The second kappa shape index (κ2) is 7.69. The van der Waals surface area contributed by atoms with Crippen molar-refractivity contribution >= 4 is 11.9 Å². The van der Waals surface area contributed by atoms with E-state index in [1.54, 1.807) is 6.08 Å². The van der Waals surface area contributed by atoms with Crippen molar-refractivity contribution in [2.75, 3.05) is 0 Å². The molecular weight excluding hydrogens is 230 g/mol. The van der Waals surface area contributed by atoms with Gasteiger partial charge in [-0.25, -0.2) is 4.79 Å². The average molecular weight is 251 g/mol. The van der Waals surface area contributed by atoms with Gasteiger partial charge in [0.25, 0.3) is 0 Å². The van der Waals surface area contributed by atoms with Crippen LogP contribution in [0.1, 0.15) is 44.9 Å². The normalized spacial score (nSPS) is 16.6. The Morgan fingerprint density at radius 3 is 2.83 bits per heavy atom. The van der Waals surface area contributed by atoms with E-state index in [2.05, 4.69) is 18.0 Å². The Kier molecular flexibility index (Phi) is 6.19. The van der Waals surface area contributed by atoms with Crippen LogP contribution in [0, 0.1) is 0 Å². The molecule has 0 aromatic carbocycles. The predicted octanol–water partition coefficient (Wildman–Crippen LogP) is 2.41. The molecule has 1 amide bonds. The fourth-order valence-corrected chi connectivity index (χ4v) is 2.06. The van der Waals surface area contributed by atoms with Gasteiger partial charge in [-0.1, -0.05) is 17.7 Å². The Labute approximate surface area is 108 Å². The summed E-state index contributed by atoms with van der Waals surface area (Å²) in [5.74, 6) is -1.18. The maximum Gasteiger partial charge on any atom is 0.326 e. The molecule has 18 heavy (non-hydrogen) atoms. The molecule has 0 saturated heterocycles. The highest BCUT2D eigenvalue weighted by atomic mass is 16.4. The Hall–Kier alpha value is -1.58. The second-order valence-electron chi connectivity index (χ2n) is 4.61. The Morgan fingerprint density at radius 1 is 1.50 bits per heavy atom. The topological polar surface area (TPSA) is 66.4 Å². The lowest BCUT2D eigenvalue weighted by Crippen LogP contribution is -2.40. The third-order valence-electron chi connectivity index (χ3n) is 3.07. The maximum absolute atomic E-state index is 11.7. The summed E-state index contributed by atoms with van der Waals surface area (Å²) in [7, 11) is 0. The minimum atomic E-state index is -0.983. The summed E-state index contributed by atoms with van der Waals surface area (Å²) in [6.45, 7) is 3.55. The summed E-state index contributed by atoms with van der Waals surface area (Å²) in [4.78, 5) is 22.7. The zero-order chi connectivity index (χ0) is 13.4. The van der Waals surface area contributed by atoms with Gasteiger partial charge >= 0.3 is 5.97 Å². The van der Waals surface area contributed by atoms with Gasteiger partial charge in [-0.3, -0.25) is 4.79 Å². The summed E-state index contributed by atoms with van der Waals surface area (Å²) in [6, 6.07) is -0.806. The standard InChI is InChI=1S/C14H21NO3/c1-2-3-9-12(14(17)18)15-13(16)10-11-7-5-4-6-8-11/h2,7,12H,1,3-6,8-10H2,(H,15,16)(H,17,18). The highest BCUT2D eigenvalue weighted by molar-refractivity contribution is 5.84. The van der Waals surface area contributed by atoms with Crippen molar-refractivity contribution in [3.05, 3.63) is 24.3 Å². The molecule has 0 spiro atoms. The SMILES string of the molecule is C=CCCC(NC(=O)CC1=CCCCC1)C(=O)O. The van der Waals surface area contributed by atoms with E-state index in [9.17, 15) is 9.59 Å². The van der Waals surface area contributed by atoms with Gasteiger partial charge in [0, 0.05) is 6.42 Å². The van der Waals surface area contributed by atoms with Gasteiger partial charge in [-0.05, 0) is 38.5 Å². The van der Waals surface area contributed by atoms with E-state index >= 15 is 0 Å². The number of hydrogen-bond acceptors (Lipinski definition) is 2. The lowest BCUT2D eigenvalue weighted by atomic mass is 9.97.